The zero-order valence-electron chi connectivity index (χ0n) is 13.5. The molecule has 0 saturated carbocycles. The van der Waals surface area contributed by atoms with E-state index in [1.807, 2.05) is 0 Å². The number of amides is 1. The molecule has 0 aromatic carbocycles. The standard InChI is InChI=1S/C14H14N6O4S2/c1-18-14(24)20-7(16-18)2-3-8(17-20)25-4-6-5-26-12-9(15)11(21)19(12)10(6)13(22)23/h2-3,9,12H,4-5,15H2,1H3,(H,22,23)/t9?,12-/m1/s1. The number of carboxylic acids is 1. The fourth-order valence-corrected chi connectivity index (χ4v) is 5.17. The number of carbonyl (C=O) groups excluding carboxylic acids is 1. The Bertz CT molecular complexity index is 1030. The highest BCUT2D eigenvalue weighted by Gasteiger charge is 2.51. The third-order valence-corrected chi connectivity index (χ3v) is 6.55. The first-order valence-electron chi connectivity index (χ1n) is 7.60. The van der Waals surface area contributed by atoms with E-state index in [0.717, 1.165) is 0 Å². The Hall–Kier alpha value is -2.31. The summed E-state index contributed by atoms with van der Waals surface area (Å²) in [5, 5.41) is 18.0. The van der Waals surface area contributed by atoms with Crippen LogP contribution in [0.3, 0.4) is 0 Å². The Morgan fingerprint density at radius 3 is 2.92 bits per heavy atom. The van der Waals surface area contributed by atoms with Gasteiger partial charge < -0.3 is 10.8 Å². The number of aromatic nitrogens is 4. The smallest absolute Gasteiger partial charge is 0.366 e. The molecule has 2 aromatic heterocycles. The van der Waals surface area contributed by atoms with Crippen LogP contribution in [-0.2, 0) is 16.6 Å². The molecule has 3 N–H and O–H groups in total. The minimum Gasteiger partial charge on any atom is -0.477 e. The molecule has 26 heavy (non-hydrogen) atoms. The lowest BCUT2D eigenvalue weighted by molar-refractivity contribution is -0.147. The van der Waals surface area contributed by atoms with Crippen LogP contribution in [0.15, 0.2) is 33.2 Å². The average molecular weight is 394 g/mol. The van der Waals surface area contributed by atoms with E-state index >= 15 is 0 Å². The highest BCUT2D eigenvalue weighted by Crippen LogP contribution is 2.40. The number of β-lactam (4-membered cyclic amide) rings is 1. The molecule has 1 saturated heterocycles. The molecule has 2 aliphatic rings. The van der Waals surface area contributed by atoms with E-state index in [-0.39, 0.29) is 22.7 Å². The maximum absolute atomic E-state index is 11.9. The normalized spacial score (nSPS) is 22.5. The van der Waals surface area contributed by atoms with Gasteiger partial charge in [0.2, 0.25) is 5.91 Å². The highest BCUT2D eigenvalue weighted by atomic mass is 32.2. The molecule has 2 aliphatic heterocycles. The number of hydrogen-bond donors (Lipinski definition) is 2. The Kier molecular flexibility index (Phi) is 4.04. The predicted octanol–water partition coefficient (Wildman–Crippen LogP) is -0.899. The van der Waals surface area contributed by atoms with Crippen molar-refractivity contribution in [3.8, 4) is 0 Å². The Morgan fingerprint density at radius 1 is 1.42 bits per heavy atom. The maximum Gasteiger partial charge on any atom is 0.366 e. The molecular formula is C14H14N6O4S2. The number of fused-ring (bicyclic) bond motifs is 2. The third kappa shape index (κ3) is 2.52. The summed E-state index contributed by atoms with van der Waals surface area (Å²) < 4.78 is 2.39. The fourth-order valence-electron chi connectivity index (χ4n) is 2.88. The van der Waals surface area contributed by atoms with Crippen LogP contribution in [0.2, 0.25) is 0 Å². The third-order valence-electron chi connectivity index (χ3n) is 4.19. The minimum absolute atomic E-state index is 0.00701. The van der Waals surface area contributed by atoms with Gasteiger partial charge in [-0.3, -0.25) is 9.69 Å². The summed E-state index contributed by atoms with van der Waals surface area (Å²) in [6, 6.07) is 2.74. The van der Waals surface area contributed by atoms with E-state index in [9.17, 15) is 19.5 Å². The van der Waals surface area contributed by atoms with E-state index in [4.69, 9.17) is 5.73 Å². The SMILES string of the molecule is Cn1nc2ccc(SCC3=C(C(=O)O)N4C(=O)C(N)[C@H]4SC3)nn2c1=O. The average Bonchev–Trinajstić information content (AvgIpc) is 2.92. The van der Waals surface area contributed by atoms with Gasteiger partial charge in [-0.25, -0.2) is 14.3 Å². The summed E-state index contributed by atoms with van der Waals surface area (Å²) in [4.78, 5) is 36.8. The van der Waals surface area contributed by atoms with Crippen molar-refractivity contribution in [3.63, 3.8) is 0 Å². The Balaban J connectivity index is 1.60. The van der Waals surface area contributed by atoms with E-state index in [2.05, 4.69) is 10.2 Å². The summed E-state index contributed by atoms with van der Waals surface area (Å²) in [5.41, 5.74) is 6.45. The van der Waals surface area contributed by atoms with Crippen LogP contribution < -0.4 is 11.4 Å². The molecule has 0 radical (unpaired) electrons. The lowest BCUT2D eigenvalue weighted by Gasteiger charge is -2.48. The van der Waals surface area contributed by atoms with Crippen molar-refractivity contribution in [1.29, 1.82) is 0 Å². The molecule has 0 spiro atoms. The van der Waals surface area contributed by atoms with Gasteiger partial charge in [0.25, 0.3) is 0 Å². The second kappa shape index (κ2) is 6.14. The van der Waals surface area contributed by atoms with Crippen LogP contribution in [0.4, 0.5) is 0 Å². The van der Waals surface area contributed by atoms with Gasteiger partial charge in [0.15, 0.2) is 5.65 Å². The van der Waals surface area contributed by atoms with Gasteiger partial charge in [0, 0.05) is 18.6 Å². The molecule has 12 heteroatoms. The number of carbonyl (C=O) groups is 2. The van der Waals surface area contributed by atoms with Gasteiger partial charge in [-0.2, -0.15) is 9.61 Å². The summed E-state index contributed by atoms with van der Waals surface area (Å²) in [6.07, 6.45) is 0. The molecule has 2 aromatic rings. The molecular weight excluding hydrogens is 380 g/mol. The lowest BCUT2D eigenvalue weighted by Crippen LogP contribution is -2.68. The van der Waals surface area contributed by atoms with Gasteiger partial charge >= 0.3 is 11.7 Å². The van der Waals surface area contributed by atoms with E-state index in [1.165, 1.54) is 44.7 Å². The summed E-state index contributed by atoms with van der Waals surface area (Å²) in [7, 11) is 1.54. The first kappa shape index (κ1) is 17.1. The number of rotatable bonds is 4. The lowest BCUT2D eigenvalue weighted by atomic mass is 10.0. The number of aryl methyl sites for hydroxylation is 1. The molecule has 4 heterocycles. The molecule has 1 amide bonds. The second-order valence-electron chi connectivity index (χ2n) is 5.83. The molecule has 4 rings (SSSR count). The van der Waals surface area contributed by atoms with Crippen LogP contribution in [0.1, 0.15) is 0 Å². The van der Waals surface area contributed by atoms with Crippen molar-refractivity contribution in [2.75, 3.05) is 11.5 Å². The van der Waals surface area contributed by atoms with Crippen LogP contribution in [-0.4, -0.2) is 64.2 Å². The number of thioether (sulfide) groups is 2. The maximum atomic E-state index is 11.9. The van der Waals surface area contributed by atoms with Gasteiger partial charge in [0.1, 0.15) is 22.1 Å². The van der Waals surface area contributed by atoms with E-state index in [1.54, 1.807) is 12.1 Å². The van der Waals surface area contributed by atoms with Gasteiger partial charge in [-0.05, 0) is 17.7 Å². The molecule has 1 fully saturated rings. The zero-order valence-corrected chi connectivity index (χ0v) is 15.2. The number of aliphatic carboxylic acids is 1. The Morgan fingerprint density at radius 2 is 2.19 bits per heavy atom. The second-order valence-corrected chi connectivity index (χ2v) is 7.93. The predicted molar refractivity (Wildman–Crippen MR) is 94.7 cm³/mol. The molecule has 0 aliphatic carbocycles. The van der Waals surface area contributed by atoms with Gasteiger partial charge in [0.05, 0.1) is 0 Å². The number of nitrogens with zero attached hydrogens (tertiary/aromatic N) is 5. The number of hydrogen-bond acceptors (Lipinski definition) is 8. The minimum atomic E-state index is -1.14. The van der Waals surface area contributed by atoms with Crippen LogP contribution in [0.5, 0.6) is 0 Å². The van der Waals surface area contributed by atoms with Gasteiger partial charge in [-0.1, -0.05) is 0 Å². The molecule has 1 unspecified atom stereocenters. The molecule has 0 bridgehead atoms. The van der Waals surface area contributed by atoms with Crippen molar-refractivity contribution < 1.29 is 14.7 Å². The van der Waals surface area contributed by atoms with Crippen LogP contribution in [0, 0.1) is 0 Å². The van der Waals surface area contributed by atoms with Crippen molar-refractivity contribution in [1.82, 2.24) is 24.3 Å². The highest BCUT2D eigenvalue weighted by molar-refractivity contribution is 8.01. The number of nitrogens with two attached hydrogens (primary N) is 1. The fraction of sp³-hybridized carbons (Fsp3) is 0.357. The molecule has 136 valence electrons. The largest absolute Gasteiger partial charge is 0.477 e. The van der Waals surface area contributed by atoms with Crippen LogP contribution >= 0.6 is 23.5 Å². The molecule has 10 nitrogen and oxygen atoms in total. The van der Waals surface area contributed by atoms with Crippen molar-refractivity contribution in [3.05, 3.63) is 33.9 Å². The monoisotopic (exact) mass is 394 g/mol. The topological polar surface area (TPSA) is 136 Å². The molecule has 2 atom stereocenters. The quantitative estimate of drug-likeness (QED) is 0.499. The zero-order chi connectivity index (χ0) is 18.6. The number of carboxylic acid groups (broad SMARTS) is 1. The van der Waals surface area contributed by atoms with Crippen molar-refractivity contribution in [2.45, 2.75) is 16.4 Å². The van der Waals surface area contributed by atoms with E-state index < -0.39 is 12.0 Å². The van der Waals surface area contributed by atoms with Crippen molar-refractivity contribution in [2.24, 2.45) is 12.8 Å². The first-order valence-corrected chi connectivity index (χ1v) is 9.63. The summed E-state index contributed by atoms with van der Waals surface area (Å²) in [5.74, 6) is -0.693. The summed E-state index contributed by atoms with van der Waals surface area (Å²) >= 11 is 2.75. The first-order chi connectivity index (χ1) is 12.4. The summed E-state index contributed by atoms with van der Waals surface area (Å²) in [6.45, 7) is 0. The van der Waals surface area contributed by atoms with E-state index in [0.29, 0.717) is 27.8 Å². The van der Waals surface area contributed by atoms with Gasteiger partial charge in [-0.15, -0.1) is 28.6 Å². The van der Waals surface area contributed by atoms with Crippen LogP contribution in [0.25, 0.3) is 5.65 Å². The Labute approximate surface area is 155 Å². The van der Waals surface area contributed by atoms with Crippen molar-refractivity contribution >= 4 is 41.0 Å².